The first-order valence-electron chi connectivity index (χ1n) is 5.45. The van der Waals surface area contributed by atoms with Gasteiger partial charge < -0.3 is 20.9 Å². The molecule has 0 saturated heterocycles. The zero-order valence-corrected chi connectivity index (χ0v) is 11.2. The van der Waals surface area contributed by atoms with Crippen molar-refractivity contribution >= 4 is 23.2 Å². The molecular weight excluding hydrogens is 284 g/mol. The summed E-state index contributed by atoms with van der Waals surface area (Å²) in [5.41, 5.74) is 11.4. The number of anilines is 1. The Labute approximate surface area is 119 Å². The molecule has 1 aromatic heterocycles. The Hall–Kier alpha value is -2.54. The molecule has 104 valence electrons. The molecule has 0 spiro atoms. The Morgan fingerprint density at radius 2 is 2.10 bits per heavy atom. The van der Waals surface area contributed by atoms with Crippen LogP contribution in [0, 0.1) is 0 Å². The van der Waals surface area contributed by atoms with Crippen molar-refractivity contribution < 1.29 is 14.3 Å². The summed E-state index contributed by atoms with van der Waals surface area (Å²) in [5.74, 6) is 0.156. The lowest BCUT2D eigenvalue weighted by Gasteiger charge is -2.11. The van der Waals surface area contributed by atoms with E-state index in [1.165, 1.54) is 31.5 Å². The van der Waals surface area contributed by atoms with Gasteiger partial charge in [-0.05, 0) is 29.8 Å². The number of primary amides is 1. The van der Waals surface area contributed by atoms with Crippen LogP contribution in [0.1, 0.15) is 10.4 Å². The van der Waals surface area contributed by atoms with E-state index >= 15 is 0 Å². The van der Waals surface area contributed by atoms with Gasteiger partial charge in [-0.1, -0.05) is 0 Å². The number of methoxy groups -OCH3 is 1. The molecule has 7 nitrogen and oxygen atoms in total. The van der Waals surface area contributed by atoms with Crippen LogP contribution >= 0.6 is 11.6 Å². The van der Waals surface area contributed by atoms with Crippen molar-refractivity contribution in [2.24, 2.45) is 5.73 Å². The van der Waals surface area contributed by atoms with Crippen molar-refractivity contribution in [3.8, 4) is 17.4 Å². The summed E-state index contributed by atoms with van der Waals surface area (Å²) < 4.78 is 10.6. The molecule has 0 aliphatic heterocycles. The van der Waals surface area contributed by atoms with Crippen molar-refractivity contribution in [3.63, 3.8) is 0 Å². The summed E-state index contributed by atoms with van der Waals surface area (Å²) >= 11 is 5.67. The fourth-order valence-corrected chi connectivity index (χ4v) is 1.57. The van der Waals surface area contributed by atoms with E-state index in [0.717, 1.165) is 0 Å². The molecule has 20 heavy (non-hydrogen) atoms. The molecule has 1 amide bonds. The fourth-order valence-electron chi connectivity index (χ4n) is 1.45. The standard InChI is InChI=1S/C12H11ClN4O3/c1-19-9-4-6(10(15)18)2-3-8(9)20-11-7(14)5-16-12(13)17-11/h2-5H,14H2,1H3,(H2,15,18). The Morgan fingerprint density at radius 1 is 1.35 bits per heavy atom. The highest BCUT2D eigenvalue weighted by atomic mass is 35.5. The summed E-state index contributed by atoms with van der Waals surface area (Å²) in [4.78, 5) is 18.7. The Kier molecular flexibility index (Phi) is 3.90. The zero-order chi connectivity index (χ0) is 14.7. The number of aromatic nitrogens is 2. The number of carbonyl (C=O) groups is 1. The minimum atomic E-state index is -0.570. The van der Waals surface area contributed by atoms with E-state index in [-0.39, 0.29) is 16.9 Å². The van der Waals surface area contributed by atoms with Gasteiger partial charge in [0.25, 0.3) is 0 Å². The molecule has 0 unspecified atom stereocenters. The zero-order valence-electron chi connectivity index (χ0n) is 10.5. The minimum absolute atomic E-state index is 0.00178. The summed E-state index contributed by atoms with van der Waals surface area (Å²) in [6.07, 6.45) is 1.33. The van der Waals surface area contributed by atoms with Gasteiger partial charge in [0.1, 0.15) is 5.69 Å². The fraction of sp³-hybridized carbons (Fsp3) is 0.0833. The largest absolute Gasteiger partial charge is 0.493 e. The third-order valence-corrected chi connectivity index (χ3v) is 2.59. The second-order valence-corrected chi connectivity index (χ2v) is 4.07. The number of carbonyl (C=O) groups excluding carboxylic acids is 1. The monoisotopic (exact) mass is 294 g/mol. The van der Waals surface area contributed by atoms with Crippen molar-refractivity contribution in [1.82, 2.24) is 9.97 Å². The maximum absolute atomic E-state index is 11.1. The SMILES string of the molecule is COc1cc(C(N)=O)ccc1Oc1nc(Cl)ncc1N. The molecule has 0 bridgehead atoms. The van der Waals surface area contributed by atoms with Crippen LogP contribution in [0.3, 0.4) is 0 Å². The van der Waals surface area contributed by atoms with E-state index < -0.39 is 5.91 Å². The molecule has 1 aromatic carbocycles. The predicted molar refractivity (Wildman–Crippen MR) is 73.0 cm³/mol. The lowest BCUT2D eigenvalue weighted by molar-refractivity contribution is 0.1000. The topological polar surface area (TPSA) is 113 Å². The van der Waals surface area contributed by atoms with E-state index in [2.05, 4.69) is 9.97 Å². The lowest BCUT2D eigenvalue weighted by Crippen LogP contribution is -2.11. The van der Waals surface area contributed by atoms with Crippen molar-refractivity contribution in [1.29, 1.82) is 0 Å². The molecule has 8 heteroatoms. The molecular formula is C12H11ClN4O3. The van der Waals surface area contributed by atoms with Gasteiger partial charge >= 0.3 is 0 Å². The van der Waals surface area contributed by atoms with Crippen LogP contribution in [0.25, 0.3) is 0 Å². The van der Waals surface area contributed by atoms with Gasteiger partial charge in [0.05, 0.1) is 13.3 Å². The normalized spacial score (nSPS) is 10.1. The number of hydrogen-bond acceptors (Lipinski definition) is 6. The van der Waals surface area contributed by atoms with Crippen molar-refractivity contribution in [2.45, 2.75) is 0 Å². The van der Waals surface area contributed by atoms with Crippen LogP contribution in [0.15, 0.2) is 24.4 Å². The summed E-state index contributed by atoms with van der Waals surface area (Å²) in [7, 11) is 1.43. The third-order valence-electron chi connectivity index (χ3n) is 2.41. The van der Waals surface area contributed by atoms with E-state index in [4.69, 9.17) is 32.5 Å². The van der Waals surface area contributed by atoms with Gasteiger partial charge in [-0.25, -0.2) is 4.98 Å². The van der Waals surface area contributed by atoms with Crippen LogP contribution in [0.4, 0.5) is 5.69 Å². The molecule has 0 atom stereocenters. The molecule has 0 saturated carbocycles. The quantitative estimate of drug-likeness (QED) is 0.828. The highest BCUT2D eigenvalue weighted by Gasteiger charge is 2.12. The smallest absolute Gasteiger partial charge is 0.248 e. The molecule has 4 N–H and O–H groups in total. The summed E-state index contributed by atoms with van der Waals surface area (Å²) in [5, 5.41) is 0.00178. The number of nitrogen functional groups attached to an aromatic ring is 1. The number of rotatable bonds is 4. The van der Waals surface area contributed by atoms with Gasteiger partial charge in [-0.3, -0.25) is 4.79 Å². The van der Waals surface area contributed by atoms with Crippen LogP contribution in [0.2, 0.25) is 5.28 Å². The summed E-state index contributed by atoms with van der Waals surface area (Å²) in [6.45, 7) is 0. The van der Waals surface area contributed by atoms with Crippen LogP contribution in [0.5, 0.6) is 17.4 Å². The van der Waals surface area contributed by atoms with Crippen LogP contribution in [-0.4, -0.2) is 23.0 Å². The maximum atomic E-state index is 11.1. The molecule has 0 radical (unpaired) electrons. The maximum Gasteiger partial charge on any atom is 0.248 e. The Balaban J connectivity index is 2.38. The van der Waals surface area contributed by atoms with Crippen LogP contribution < -0.4 is 20.9 Å². The first-order chi connectivity index (χ1) is 9.51. The molecule has 2 aromatic rings. The van der Waals surface area contributed by atoms with E-state index in [9.17, 15) is 4.79 Å². The van der Waals surface area contributed by atoms with E-state index in [0.29, 0.717) is 17.1 Å². The van der Waals surface area contributed by atoms with Crippen molar-refractivity contribution in [3.05, 3.63) is 35.2 Å². The van der Waals surface area contributed by atoms with Gasteiger partial charge in [0, 0.05) is 5.56 Å². The molecule has 0 fully saturated rings. The average Bonchev–Trinajstić information content (AvgIpc) is 2.43. The average molecular weight is 295 g/mol. The third kappa shape index (κ3) is 2.89. The number of nitrogens with zero attached hydrogens (tertiary/aromatic N) is 2. The first kappa shape index (κ1) is 13.9. The first-order valence-corrected chi connectivity index (χ1v) is 5.82. The van der Waals surface area contributed by atoms with Gasteiger partial charge in [0.15, 0.2) is 11.5 Å². The molecule has 1 heterocycles. The number of ether oxygens (including phenoxy) is 2. The van der Waals surface area contributed by atoms with Crippen LogP contribution in [-0.2, 0) is 0 Å². The highest BCUT2D eigenvalue weighted by molar-refractivity contribution is 6.28. The second kappa shape index (κ2) is 5.62. The lowest BCUT2D eigenvalue weighted by atomic mass is 10.2. The molecule has 0 aliphatic carbocycles. The molecule has 0 aliphatic rings. The summed E-state index contributed by atoms with van der Waals surface area (Å²) in [6, 6.07) is 4.48. The van der Waals surface area contributed by atoms with Gasteiger partial charge in [0.2, 0.25) is 17.1 Å². The van der Waals surface area contributed by atoms with Crippen molar-refractivity contribution in [2.75, 3.05) is 12.8 Å². The highest BCUT2D eigenvalue weighted by Crippen LogP contribution is 2.33. The number of hydrogen-bond donors (Lipinski definition) is 2. The van der Waals surface area contributed by atoms with E-state index in [1.807, 2.05) is 0 Å². The second-order valence-electron chi connectivity index (χ2n) is 3.73. The predicted octanol–water partition coefficient (Wildman–Crippen LogP) is 1.61. The minimum Gasteiger partial charge on any atom is -0.493 e. The Morgan fingerprint density at radius 3 is 2.75 bits per heavy atom. The number of amides is 1. The number of benzene rings is 1. The Bertz CT molecular complexity index is 663. The number of halogens is 1. The van der Waals surface area contributed by atoms with Gasteiger partial charge in [-0.15, -0.1) is 0 Å². The molecule has 2 rings (SSSR count). The van der Waals surface area contributed by atoms with Gasteiger partial charge in [-0.2, -0.15) is 4.98 Å². The van der Waals surface area contributed by atoms with E-state index in [1.54, 1.807) is 0 Å². The number of nitrogens with two attached hydrogens (primary N) is 2.